The van der Waals surface area contributed by atoms with E-state index in [2.05, 4.69) is 4.98 Å². The first-order chi connectivity index (χ1) is 9.54. The van der Waals surface area contributed by atoms with Crippen molar-refractivity contribution in [2.45, 2.75) is 13.5 Å². The SMILES string of the molecule is Cc1cn(Cc2ccc(F)cc2F)c2nc(Cl)ccc12. The number of hydrogen-bond donors (Lipinski definition) is 0. The molecule has 0 radical (unpaired) electrons. The van der Waals surface area contributed by atoms with Crippen LogP contribution < -0.4 is 0 Å². The lowest BCUT2D eigenvalue weighted by atomic mass is 10.2. The molecule has 0 N–H and O–H groups in total. The Kier molecular flexibility index (Phi) is 3.18. The number of aromatic nitrogens is 2. The first-order valence-corrected chi connectivity index (χ1v) is 6.48. The Labute approximate surface area is 119 Å². The zero-order valence-corrected chi connectivity index (χ0v) is 11.5. The summed E-state index contributed by atoms with van der Waals surface area (Å²) in [5.74, 6) is -1.15. The lowest BCUT2D eigenvalue weighted by molar-refractivity contribution is 0.567. The minimum absolute atomic E-state index is 0.282. The number of pyridine rings is 1. The average molecular weight is 293 g/mol. The van der Waals surface area contributed by atoms with E-state index in [1.807, 2.05) is 23.8 Å². The van der Waals surface area contributed by atoms with E-state index < -0.39 is 11.6 Å². The van der Waals surface area contributed by atoms with Gasteiger partial charge in [0, 0.05) is 23.2 Å². The number of benzene rings is 1. The van der Waals surface area contributed by atoms with Gasteiger partial charge < -0.3 is 4.57 Å². The summed E-state index contributed by atoms with van der Waals surface area (Å²) >= 11 is 5.91. The maximum Gasteiger partial charge on any atom is 0.142 e. The van der Waals surface area contributed by atoms with Gasteiger partial charge in [0.15, 0.2) is 0 Å². The summed E-state index contributed by atoms with van der Waals surface area (Å²) in [4.78, 5) is 4.27. The van der Waals surface area contributed by atoms with Gasteiger partial charge in [0.2, 0.25) is 0 Å². The van der Waals surface area contributed by atoms with Gasteiger partial charge in [-0.3, -0.25) is 0 Å². The summed E-state index contributed by atoms with van der Waals surface area (Å²) in [5, 5.41) is 1.35. The maximum absolute atomic E-state index is 13.7. The lowest BCUT2D eigenvalue weighted by Gasteiger charge is -2.06. The van der Waals surface area contributed by atoms with E-state index in [1.54, 1.807) is 6.07 Å². The molecule has 0 aliphatic heterocycles. The van der Waals surface area contributed by atoms with Crippen molar-refractivity contribution in [3.63, 3.8) is 0 Å². The summed E-state index contributed by atoms with van der Waals surface area (Å²) in [7, 11) is 0. The number of rotatable bonds is 2. The van der Waals surface area contributed by atoms with Crippen LogP contribution in [0.1, 0.15) is 11.1 Å². The molecule has 0 saturated carbocycles. The molecule has 20 heavy (non-hydrogen) atoms. The summed E-state index contributed by atoms with van der Waals surface area (Å²) in [6.07, 6.45) is 1.89. The Hall–Kier alpha value is -1.94. The number of aryl methyl sites for hydroxylation is 1. The van der Waals surface area contributed by atoms with Gasteiger partial charge >= 0.3 is 0 Å². The largest absolute Gasteiger partial charge is 0.328 e. The molecule has 0 amide bonds. The zero-order valence-electron chi connectivity index (χ0n) is 10.7. The molecule has 0 unspecified atom stereocenters. The average Bonchev–Trinajstić information content (AvgIpc) is 2.69. The van der Waals surface area contributed by atoms with Crippen LogP contribution in [0.3, 0.4) is 0 Å². The monoisotopic (exact) mass is 292 g/mol. The zero-order chi connectivity index (χ0) is 14.3. The molecular formula is C15H11ClF2N2. The summed E-state index contributed by atoms with van der Waals surface area (Å²) in [6, 6.07) is 7.18. The third-order valence-electron chi connectivity index (χ3n) is 3.24. The maximum atomic E-state index is 13.7. The van der Waals surface area contributed by atoms with Crippen LogP contribution in [0.5, 0.6) is 0 Å². The summed E-state index contributed by atoms with van der Waals surface area (Å²) in [6.45, 7) is 2.24. The molecule has 2 heterocycles. The molecule has 1 aromatic carbocycles. The highest BCUT2D eigenvalue weighted by atomic mass is 35.5. The number of nitrogens with zero attached hydrogens (tertiary/aromatic N) is 2. The second-order valence-electron chi connectivity index (χ2n) is 4.68. The summed E-state index contributed by atoms with van der Waals surface area (Å²) < 4.78 is 28.5. The fraction of sp³-hybridized carbons (Fsp3) is 0.133. The minimum Gasteiger partial charge on any atom is -0.328 e. The van der Waals surface area contributed by atoms with Gasteiger partial charge in [0.25, 0.3) is 0 Å². The second-order valence-corrected chi connectivity index (χ2v) is 5.07. The fourth-order valence-corrected chi connectivity index (χ4v) is 2.41. The van der Waals surface area contributed by atoms with E-state index in [-0.39, 0.29) is 6.54 Å². The van der Waals surface area contributed by atoms with Crippen LogP contribution in [0.2, 0.25) is 5.15 Å². The molecular weight excluding hydrogens is 282 g/mol. The van der Waals surface area contributed by atoms with Crippen molar-refractivity contribution in [1.29, 1.82) is 0 Å². The molecule has 0 bridgehead atoms. The Balaban J connectivity index is 2.08. The molecule has 0 spiro atoms. The predicted octanol–water partition coefficient (Wildman–Crippen LogP) is 4.32. The Morgan fingerprint density at radius 3 is 2.75 bits per heavy atom. The molecule has 0 atom stereocenters. The second kappa shape index (κ2) is 4.87. The van der Waals surface area contributed by atoms with Gasteiger partial charge in [-0.15, -0.1) is 0 Å². The van der Waals surface area contributed by atoms with Crippen molar-refractivity contribution in [3.05, 3.63) is 64.4 Å². The smallest absolute Gasteiger partial charge is 0.142 e. The molecule has 2 aromatic heterocycles. The van der Waals surface area contributed by atoms with Crippen LogP contribution in [0.15, 0.2) is 36.5 Å². The number of hydrogen-bond acceptors (Lipinski definition) is 1. The van der Waals surface area contributed by atoms with Crippen LogP contribution >= 0.6 is 11.6 Å². The van der Waals surface area contributed by atoms with Crippen molar-refractivity contribution in [2.75, 3.05) is 0 Å². The Morgan fingerprint density at radius 2 is 2.00 bits per heavy atom. The third-order valence-corrected chi connectivity index (χ3v) is 3.45. The Bertz CT molecular complexity index is 796. The highest BCUT2D eigenvalue weighted by Crippen LogP contribution is 2.23. The van der Waals surface area contributed by atoms with Crippen molar-refractivity contribution in [3.8, 4) is 0 Å². The Morgan fingerprint density at radius 1 is 1.20 bits per heavy atom. The van der Waals surface area contributed by atoms with Gasteiger partial charge in [-0.1, -0.05) is 17.7 Å². The van der Waals surface area contributed by atoms with Gasteiger partial charge in [-0.05, 0) is 30.7 Å². The van der Waals surface area contributed by atoms with Gasteiger partial charge in [-0.2, -0.15) is 0 Å². The minimum atomic E-state index is -0.582. The predicted molar refractivity (Wildman–Crippen MR) is 74.9 cm³/mol. The molecule has 102 valence electrons. The van der Waals surface area contributed by atoms with Crippen LogP contribution in [0, 0.1) is 18.6 Å². The van der Waals surface area contributed by atoms with Crippen LogP contribution in [0.4, 0.5) is 8.78 Å². The highest BCUT2D eigenvalue weighted by Gasteiger charge is 2.10. The number of halogens is 3. The quantitative estimate of drug-likeness (QED) is 0.643. The van der Waals surface area contributed by atoms with Crippen LogP contribution in [-0.2, 0) is 6.54 Å². The van der Waals surface area contributed by atoms with E-state index in [0.29, 0.717) is 16.4 Å². The number of fused-ring (bicyclic) bond motifs is 1. The van der Waals surface area contributed by atoms with Crippen molar-refractivity contribution >= 4 is 22.6 Å². The van der Waals surface area contributed by atoms with Gasteiger partial charge in [0.05, 0.1) is 6.54 Å². The molecule has 0 aliphatic carbocycles. The standard InChI is InChI=1S/C15H11ClF2N2/c1-9-7-20(15-12(9)4-5-14(16)19-15)8-10-2-3-11(17)6-13(10)18/h2-7H,8H2,1H3. The first kappa shape index (κ1) is 13.1. The molecule has 5 heteroatoms. The molecule has 2 nitrogen and oxygen atoms in total. The topological polar surface area (TPSA) is 17.8 Å². The van der Waals surface area contributed by atoms with Gasteiger partial charge in [0.1, 0.15) is 22.4 Å². The van der Waals surface area contributed by atoms with E-state index in [1.165, 1.54) is 12.1 Å². The summed E-state index contributed by atoms with van der Waals surface area (Å²) in [5.41, 5.74) is 2.13. The van der Waals surface area contributed by atoms with Gasteiger partial charge in [-0.25, -0.2) is 13.8 Å². The molecule has 0 saturated heterocycles. The molecule has 0 aliphatic rings. The third kappa shape index (κ3) is 2.27. The van der Waals surface area contributed by atoms with Crippen LogP contribution in [0.25, 0.3) is 11.0 Å². The van der Waals surface area contributed by atoms with E-state index in [9.17, 15) is 8.78 Å². The van der Waals surface area contributed by atoms with E-state index >= 15 is 0 Å². The van der Waals surface area contributed by atoms with E-state index in [0.717, 1.165) is 17.0 Å². The molecule has 3 aromatic rings. The first-order valence-electron chi connectivity index (χ1n) is 6.10. The fourth-order valence-electron chi connectivity index (χ4n) is 2.27. The van der Waals surface area contributed by atoms with Crippen LogP contribution in [-0.4, -0.2) is 9.55 Å². The normalized spacial score (nSPS) is 11.2. The van der Waals surface area contributed by atoms with Crippen molar-refractivity contribution in [1.82, 2.24) is 9.55 Å². The highest BCUT2D eigenvalue weighted by molar-refractivity contribution is 6.29. The van der Waals surface area contributed by atoms with E-state index in [4.69, 9.17) is 11.6 Å². The van der Waals surface area contributed by atoms with Crippen molar-refractivity contribution in [2.24, 2.45) is 0 Å². The van der Waals surface area contributed by atoms with Crippen molar-refractivity contribution < 1.29 is 8.78 Å². The lowest BCUT2D eigenvalue weighted by Crippen LogP contribution is -2.02. The molecule has 0 fully saturated rings. The molecule has 3 rings (SSSR count).